The number of hydrogen-bond donors (Lipinski definition) is 2. The third kappa shape index (κ3) is 3.84. The Morgan fingerprint density at radius 3 is 2.50 bits per heavy atom. The number of rotatable bonds is 5. The lowest BCUT2D eigenvalue weighted by Crippen LogP contribution is -2.27. The van der Waals surface area contributed by atoms with Gasteiger partial charge in [-0.15, -0.1) is 0 Å². The van der Waals surface area contributed by atoms with E-state index in [-0.39, 0.29) is 35.8 Å². The Balaban J connectivity index is 1.96. The highest BCUT2D eigenvalue weighted by molar-refractivity contribution is 5.95. The number of carbonyl (C=O) groups is 2. The second-order valence-electron chi connectivity index (χ2n) is 6.22. The molecule has 9 heteroatoms. The zero-order chi connectivity index (χ0) is 20.4. The predicted octanol–water partition coefficient (Wildman–Crippen LogP) is 2.56. The maximum Gasteiger partial charge on any atom is 0.414 e. The zero-order valence-electron chi connectivity index (χ0n) is 14.9. The Kier molecular flexibility index (Phi) is 5.36. The van der Waals surface area contributed by atoms with Crippen molar-refractivity contribution in [1.82, 2.24) is 0 Å². The van der Waals surface area contributed by atoms with E-state index in [1.807, 2.05) is 0 Å². The Labute approximate surface area is 158 Å². The van der Waals surface area contributed by atoms with Gasteiger partial charge in [0.25, 0.3) is 0 Å². The number of nitrogens with one attached hydrogen (secondary N) is 1. The van der Waals surface area contributed by atoms with Crippen LogP contribution in [0.1, 0.15) is 17.3 Å². The van der Waals surface area contributed by atoms with Crippen molar-refractivity contribution < 1.29 is 23.1 Å². The maximum atomic E-state index is 14.6. The summed E-state index contributed by atoms with van der Waals surface area (Å²) in [5.41, 5.74) is 4.32. The number of Topliss-reactive ketones (excluding diaryl/α,β-unsaturated/α-hetero) is 1. The van der Waals surface area contributed by atoms with E-state index in [1.54, 1.807) is 0 Å². The van der Waals surface area contributed by atoms with E-state index >= 15 is 0 Å². The van der Waals surface area contributed by atoms with E-state index in [4.69, 9.17) is 10.5 Å². The fourth-order valence-electron chi connectivity index (χ4n) is 2.75. The molecule has 2 aromatic carbocycles. The Hall–Kier alpha value is -3.33. The first-order chi connectivity index (χ1) is 13.3. The molecule has 1 fully saturated rings. The van der Waals surface area contributed by atoms with Gasteiger partial charge in [0.2, 0.25) is 5.43 Å². The summed E-state index contributed by atoms with van der Waals surface area (Å²) >= 11 is 0. The fraction of sp³-hybridized carbons (Fsp3) is 0.211. The van der Waals surface area contributed by atoms with E-state index in [1.165, 1.54) is 31.2 Å². The Bertz CT molecular complexity index is 990. The summed E-state index contributed by atoms with van der Waals surface area (Å²) in [5.74, 6) is -2.35. The molecule has 3 rings (SSSR count). The highest BCUT2D eigenvalue weighted by Crippen LogP contribution is 2.30. The molecule has 2 aromatic rings. The highest BCUT2D eigenvalue weighted by atomic mass is 19.1. The Morgan fingerprint density at radius 1 is 1.25 bits per heavy atom. The molecule has 7 nitrogen and oxygen atoms in total. The molecule has 3 N–H and O–H groups in total. The van der Waals surface area contributed by atoms with Gasteiger partial charge in [-0.3, -0.25) is 14.5 Å². The molecular weight excluding hydrogens is 372 g/mol. The molecule has 1 aliphatic heterocycles. The van der Waals surface area contributed by atoms with Crippen LogP contribution in [0, 0.1) is 11.6 Å². The van der Waals surface area contributed by atoms with Crippen LogP contribution >= 0.6 is 0 Å². The van der Waals surface area contributed by atoms with Crippen LogP contribution < -0.4 is 21.4 Å². The van der Waals surface area contributed by atoms with Crippen LogP contribution in [0.2, 0.25) is 0 Å². The molecule has 0 radical (unpaired) electrons. The van der Waals surface area contributed by atoms with Crippen molar-refractivity contribution in [1.29, 1.82) is 0 Å². The van der Waals surface area contributed by atoms with Crippen LogP contribution in [0.25, 0.3) is 0 Å². The number of carbonyl (C=O) groups excluding carboxylic acids is 2. The molecule has 1 amide bonds. The second kappa shape index (κ2) is 7.73. The number of halogens is 2. The number of ether oxygens (including phenoxy) is 1. The lowest BCUT2D eigenvalue weighted by molar-refractivity contribution is 0.101. The van der Waals surface area contributed by atoms with Crippen molar-refractivity contribution in [3.8, 4) is 0 Å². The number of nitrogens with two attached hydrogens (primary N) is 1. The molecule has 0 unspecified atom stereocenters. The third-order valence-electron chi connectivity index (χ3n) is 4.23. The quantitative estimate of drug-likeness (QED) is 0.762. The second-order valence-corrected chi connectivity index (χ2v) is 6.22. The standard InChI is InChI=1S/C19H17F2N3O4/c1-10(25)11-3-2-4-17(26)16(5-11)23-18-14(20)6-12(7-15(18)21)24-9-13(8-22)28-19(24)27/h2-7,13H,8-9,22H2,1H3,(H,23,26)/t13-/m0/s1. The minimum atomic E-state index is -1.02. The summed E-state index contributed by atoms with van der Waals surface area (Å²) in [5, 5.41) is 2.40. The minimum Gasteiger partial charge on any atom is -0.443 e. The molecule has 1 aliphatic rings. The summed E-state index contributed by atoms with van der Waals surface area (Å²) in [6.07, 6.45) is -1.31. The first-order valence-corrected chi connectivity index (χ1v) is 8.39. The first kappa shape index (κ1) is 19.4. The summed E-state index contributed by atoms with van der Waals surface area (Å²) in [7, 11) is 0. The van der Waals surface area contributed by atoms with Gasteiger partial charge in [0.15, 0.2) is 17.4 Å². The van der Waals surface area contributed by atoms with E-state index in [2.05, 4.69) is 5.32 Å². The number of benzene rings is 1. The van der Waals surface area contributed by atoms with Crippen molar-refractivity contribution in [2.45, 2.75) is 13.0 Å². The van der Waals surface area contributed by atoms with Gasteiger partial charge < -0.3 is 15.8 Å². The zero-order valence-corrected chi connectivity index (χ0v) is 14.9. The van der Waals surface area contributed by atoms with Crippen LogP contribution in [-0.4, -0.2) is 31.1 Å². The van der Waals surface area contributed by atoms with Gasteiger partial charge >= 0.3 is 6.09 Å². The lowest BCUT2D eigenvalue weighted by atomic mass is 10.2. The molecular formula is C19H17F2N3O4. The van der Waals surface area contributed by atoms with Crippen LogP contribution in [0.4, 0.5) is 30.6 Å². The number of anilines is 3. The number of hydrogen-bond acceptors (Lipinski definition) is 6. The number of amides is 1. The molecule has 1 heterocycles. The number of cyclic esters (lactones) is 1. The monoisotopic (exact) mass is 389 g/mol. The summed E-state index contributed by atoms with van der Waals surface area (Å²) < 4.78 is 34.1. The van der Waals surface area contributed by atoms with Crippen molar-refractivity contribution in [2.24, 2.45) is 5.73 Å². The highest BCUT2D eigenvalue weighted by Gasteiger charge is 2.32. The molecule has 28 heavy (non-hydrogen) atoms. The molecule has 0 aliphatic carbocycles. The van der Waals surface area contributed by atoms with Crippen LogP contribution in [-0.2, 0) is 4.74 Å². The average Bonchev–Trinajstić information content (AvgIpc) is 2.92. The van der Waals surface area contributed by atoms with Gasteiger partial charge in [-0.25, -0.2) is 13.6 Å². The van der Waals surface area contributed by atoms with Crippen molar-refractivity contribution in [3.05, 3.63) is 63.8 Å². The summed E-state index contributed by atoms with van der Waals surface area (Å²) in [4.78, 5) is 36.6. The minimum absolute atomic E-state index is 0.0353. The van der Waals surface area contributed by atoms with E-state index in [0.29, 0.717) is 0 Å². The van der Waals surface area contributed by atoms with Gasteiger partial charge in [0.1, 0.15) is 11.8 Å². The smallest absolute Gasteiger partial charge is 0.414 e. The molecule has 1 saturated heterocycles. The average molecular weight is 389 g/mol. The van der Waals surface area contributed by atoms with E-state index in [9.17, 15) is 23.2 Å². The Morgan fingerprint density at radius 2 is 1.93 bits per heavy atom. The molecule has 0 bridgehead atoms. The molecule has 0 saturated carbocycles. The van der Waals surface area contributed by atoms with Crippen molar-refractivity contribution >= 4 is 28.9 Å². The van der Waals surface area contributed by atoms with E-state index < -0.39 is 34.9 Å². The normalized spacial score (nSPS) is 16.1. The maximum absolute atomic E-state index is 14.6. The van der Waals surface area contributed by atoms with Crippen LogP contribution in [0.3, 0.4) is 0 Å². The van der Waals surface area contributed by atoms with Gasteiger partial charge in [-0.05, 0) is 19.1 Å². The predicted molar refractivity (Wildman–Crippen MR) is 99.0 cm³/mol. The van der Waals surface area contributed by atoms with Gasteiger partial charge in [-0.2, -0.15) is 0 Å². The molecule has 146 valence electrons. The molecule has 0 spiro atoms. The largest absolute Gasteiger partial charge is 0.443 e. The number of ketones is 1. The van der Waals surface area contributed by atoms with Crippen LogP contribution in [0.15, 0.2) is 41.2 Å². The SMILES string of the molecule is CC(=O)c1cccc(=O)c(Nc2c(F)cc(N3C[C@H](CN)OC3=O)cc2F)c1. The molecule has 0 aromatic heterocycles. The third-order valence-corrected chi connectivity index (χ3v) is 4.23. The van der Waals surface area contributed by atoms with Gasteiger partial charge in [0, 0.05) is 24.2 Å². The van der Waals surface area contributed by atoms with Crippen molar-refractivity contribution in [2.75, 3.05) is 23.3 Å². The summed E-state index contributed by atoms with van der Waals surface area (Å²) in [6.45, 7) is 1.47. The first-order valence-electron chi connectivity index (χ1n) is 8.39. The number of nitrogens with zero attached hydrogens (tertiary/aromatic N) is 1. The fourth-order valence-corrected chi connectivity index (χ4v) is 2.75. The lowest BCUT2D eigenvalue weighted by Gasteiger charge is -2.15. The van der Waals surface area contributed by atoms with Crippen LogP contribution in [0.5, 0.6) is 0 Å². The molecule has 1 atom stereocenters. The topological polar surface area (TPSA) is 102 Å². The summed E-state index contributed by atoms with van der Waals surface area (Å²) in [6, 6.07) is 7.10. The van der Waals surface area contributed by atoms with Crippen molar-refractivity contribution in [3.63, 3.8) is 0 Å². The van der Waals surface area contributed by atoms with Gasteiger partial charge in [-0.1, -0.05) is 12.1 Å². The van der Waals surface area contributed by atoms with Gasteiger partial charge in [0.05, 0.1) is 17.9 Å². The van der Waals surface area contributed by atoms with E-state index in [0.717, 1.165) is 17.0 Å².